The first kappa shape index (κ1) is 5.33. The monoisotopic (exact) mass is 157 g/mol. The molecule has 0 fully saturated rings. The molecule has 0 bridgehead atoms. The van der Waals surface area contributed by atoms with E-state index in [-0.39, 0.29) is 0 Å². The van der Waals surface area contributed by atoms with Crippen molar-refractivity contribution in [2.24, 2.45) is 0 Å². The van der Waals surface area contributed by atoms with Gasteiger partial charge in [-0.1, -0.05) is 23.1 Å². The van der Waals surface area contributed by atoms with E-state index in [2.05, 4.69) is 4.37 Å². The van der Waals surface area contributed by atoms with Gasteiger partial charge in [-0.3, -0.25) is 0 Å². The van der Waals surface area contributed by atoms with Gasteiger partial charge < -0.3 is 4.37 Å². The Morgan fingerprint density at radius 1 is 1.44 bits per heavy atom. The summed E-state index contributed by atoms with van der Waals surface area (Å²) in [6.45, 7) is 0. The second kappa shape index (κ2) is 1.75. The number of fused-ring (bicyclic) bond motifs is 1. The van der Waals surface area contributed by atoms with Gasteiger partial charge in [-0.25, -0.2) is 0 Å². The highest BCUT2D eigenvalue weighted by molar-refractivity contribution is 7.15. The molecule has 0 aliphatic carbocycles. The van der Waals surface area contributed by atoms with Gasteiger partial charge in [-0.2, -0.15) is 0 Å². The van der Waals surface area contributed by atoms with Crippen molar-refractivity contribution in [3.05, 3.63) is 23.2 Å². The summed E-state index contributed by atoms with van der Waals surface area (Å²) in [4.78, 5) is 0. The van der Waals surface area contributed by atoms with Crippen LogP contribution in [0.1, 0.15) is 0 Å². The minimum atomic E-state index is 0.808. The molecule has 9 heavy (non-hydrogen) atoms. The third-order valence-electron chi connectivity index (χ3n) is 1.21. The Labute approximate surface area is 61.4 Å². The molecule has 0 saturated heterocycles. The van der Waals surface area contributed by atoms with Crippen molar-refractivity contribution in [2.75, 3.05) is 0 Å². The molecule has 1 heterocycles. The normalized spacial score (nSPS) is 10.8. The van der Waals surface area contributed by atoms with Crippen molar-refractivity contribution in [1.29, 1.82) is 0 Å². The first-order chi connectivity index (χ1) is 4.36. The minimum Gasteiger partial charge on any atom is -0.309 e. The summed E-state index contributed by atoms with van der Waals surface area (Å²) in [6, 6.07) is 5.82. The molecule has 0 saturated carbocycles. The van der Waals surface area contributed by atoms with Gasteiger partial charge in [0.05, 0.1) is 10.2 Å². The first-order valence-electron chi connectivity index (χ1n) is 2.59. The van der Waals surface area contributed by atoms with Crippen molar-refractivity contribution < 1.29 is 0 Å². The molecule has 2 rings (SSSR count). The lowest BCUT2D eigenvalue weighted by atomic mass is 10.3. The molecular formula is C6H4ClNS. The maximum Gasteiger partial charge on any atom is 0.0698 e. The van der Waals surface area contributed by atoms with Crippen LogP contribution in [0.15, 0.2) is 18.2 Å². The predicted octanol–water partition coefficient (Wildman–Crippen LogP) is 2.88. The van der Waals surface area contributed by atoms with Crippen LogP contribution in [0.5, 0.6) is 0 Å². The lowest BCUT2D eigenvalue weighted by Crippen LogP contribution is -1.75. The minimum absolute atomic E-state index is 0.808. The maximum atomic E-state index is 5.71. The molecule has 1 nitrogen and oxygen atoms in total. The van der Waals surface area contributed by atoms with E-state index < -0.39 is 0 Å². The smallest absolute Gasteiger partial charge is 0.0698 e. The second-order valence-electron chi connectivity index (χ2n) is 1.84. The van der Waals surface area contributed by atoms with Crippen molar-refractivity contribution in [3.63, 3.8) is 0 Å². The standard InChI is InChI=1S/C6H4ClNS/c7-4-1-2-5-6(3-4)9-8-5/h1-3,8H. The molecule has 2 aromatic rings. The van der Waals surface area contributed by atoms with Gasteiger partial charge in [0.1, 0.15) is 0 Å². The van der Waals surface area contributed by atoms with E-state index in [0.717, 1.165) is 5.02 Å². The van der Waals surface area contributed by atoms with Gasteiger partial charge in [0.2, 0.25) is 0 Å². The van der Waals surface area contributed by atoms with E-state index in [1.165, 1.54) is 10.2 Å². The van der Waals surface area contributed by atoms with E-state index >= 15 is 0 Å². The van der Waals surface area contributed by atoms with Crippen LogP contribution in [0.3, 0.4) is 0 Å². The van der Waals surface area contributed by atoms with Gasteiger partial charge in [0, 0.05) is 5.02 Å². The topological polar surface area (TPSA) is 15.8 Å². The predicted molar refractivity (Wildman–Crippen MR) is 41.2 cm³/mol. The highest BCUT2D eigenvalue weighted by atomic mass is 35.5. The number of aromatic nitrogens is 1. The van der Waals surface area contributed by atoms with Crippen LogP contribution in [0.25, 0.3) is 10.2 Å². The molecule has 1 aromatic carbocycles. The summed E-state index contributed by atoms with van der Waals surface area (Å²) in [7, 11) is 0. The largest absolute Gasteiger partial charge is 0.309 e. The average Bonchev–Trinajstić information content (AvgIpc) is 1.78. The van der Waals surface area contributed by atoms with Gasteiger partial charge in [-0.15, -0.1) is 0 Å². The first-order valence-corrected chi connectivity index (χ1v) is 3.78. The zero-order chi connectivity index (χ0) is 6.27. The van der Waals surface area contributed by atoms with Crippen molar-refractivity contribution in [1.82, 2.24) is 4.37 Å². The van der Waals surface area contributed by atoms with Crippen LogP contribution in [0, 0.1) is 0 Å². The maximum absolute atomic E-state index is 5.71. The van der Waals surface area contributed by atoms with Crippen LogP contribution in [-0.2, 0) is 0 Å². The third-order valence-corrected chi connectivity index (χ3v) is 2.33. The van der Waals surface area contributed by atoms with Crippen molar-refractivity contribution >= 4 is 33.4 Å². The van der Waals surface area contributed by atoms with Gasteiger partial charge in [-0.05, 0) is 18.2 Å². The molecule has 0 atom stereocenters. The van der Waals surface area contributed by atoms with E-state index in [9.17, 15) is 0 Å². The lowest BCUT2D eigenvalue weighted by molar-refractivity contribution is 1.62. The second-order valence-corrected chi connectivity index (χ2v) is 3.13. The Balaban J connectivity index is 2.78. The molecular weight excluding hydrogens is 154 g/mol. The van der Waals surface area contributed by atoms with Crippen LogP contribution in [0.2, 0.25) is 5.02 Å². The van der Waals surface area contributed by atoms with Gasteiger partial charge in [0.25, 0.3) is 0 Å². The molecule has 0 aliphatic rings. The number of benzene rings is 1. The molecule has 0 radical (unpaired) electrons. The van der Waals surface area contributed by atoms with Gasteiger partial charge in [0.15, 0.2) is 0 Å². The Bertz CT molecular complexity index is 322. The molecule has 0 unspecified atom stereocenters. The van der Waals surface area contributed by atoms with Gasteiger partial charge >= 0.3 is 0 Å². The zero-order valence-corrected chi connectivity index (χ0v) is 6.09. The van der Waals surface area contributed by atoms with E-state index in [1.807, 2.05) is 18.2 Å². The summed E-state index contributed by atoms with van der Waals surface area (Å²) >= 11 is 7.32. The summed E-state index contributed by atoms with van der Waals surface area (Å²) in [5.41, 5.74) is 1.18. The number of rotatable bonds is 0. The number of nitrogens with one attached hydrogen (secondary N) is 1. The molecule has 0 aliphatic heterocycles. The molecule has 1 aromatic heterocycles. The Hall–Kier alpha value is -0.470. The molecule has 0 amide bonds. The van der Waals surface area contributed by atoms with Crippen LogP contribution in [0.4, 0.5) is 0 Å². The Kier molecular flexibility index (Phi) is 1.04. The number of H-pyrrole nitrogens is 1. The van der Waals surface area contributed by atoms with Crippen molar-refractivity contribution in [2.45, 2.75) is 0 Å². The van der Waals surface area contributed by atoms with E-state index in [1.54, 1.807) is 11.5 Å². The number of halogens is 1. The zero-order valence-electron chi connectivity index (χ0n) is 4.52. The number of hydrogen-bond donors (Lipinski definition) is 1. The molecule has 46 valence electrons. The fraction of sp³-hybridized carbons (Fsp3) is 0. The third kappa shape index (κ3) is 0.749. The fourth-order valence-electron chi connectivity index (χ4n) is 0.729. The quantitative estimate of drug-likeness (QED) is 0.606. The summed E-state index contributed by atoms with van der Waals surface area (Å²) in [6.07, 6.45) is 0. The highest BCUT2D eigenvalue weighted by Crippen LogP contribution is 2.23. The van der Waals surface area contributed by atoms with E-state index in [0.29, 0.717) is 0 Å². The molecule has 0 spiro atoms. The summed E-state index contributed by atoms with van der Waals surface area (Å²) < 4.78 is 4.31. The van der Waals surface area contributed by atoms with Crippen molar-refractivity contribution in [3.8, 4) is 0 Å². The molecule has 1 N–H and O–H groups in total. The SMILES string of the molecule is Clc1ccc2[nH]sc2c1. The Morgan fingerprint density at radius 2 is 2.33 bits per heavy atom. The Morgan fingerprint density at radius 3 is 2.78 bits per heavy atom. The number of aromatic amines is 1. The van der Waals surface area contributed by atoms with Crippen LogP contribution >= 0.6 is 23.1 Å². The number of hydrogen-bond acceptors (Lipinski definition) is 1. The van der Waals surface area contributed by atoms with Crippen LogP contribution in [-0.4, -0.2) is 4.37 Å². The average molecular weight is 158 g/mol. The fourth-order valence-corrected chi connectivity index (χ4v) is 1.63. The van der Waals surface area contributed by atoms with Crippen LogP contribution < -0.4 is 0 Å². The van der Waals surface area contributed by atoms with E-state index in [4.69, 9.17) is 11.6 Å². The summed E-state index contributed by atoms with van der Waals surface area (Å²) in [5, 5.41) is 0.808. The summed E-state index contributed by atoms with van der Waals surface area (Å²) in [5.74, 6) is 0. The molecule has 3 heteroatoms. The lowest BCUT2D eigenvalue weighted by Gasteiger charge is -1.98. The highest BCUT2D eigenvalue weighted by Gasteiger charge is 1.96.